The Balaban J connectivity index is 1.54. The number of fused-ring (bicyclic) bond motifs is 1. The smallest absolute Gasteiger partial charge is 0.0223 e. The largest absolute Gasteiger partial charge is 0.301 e. The van der Waals surface area contributed by atoms with E-state index in [1.54, 1.807) is 0 Å². The molecule has 0 N–H and O–H groups in total. The molecule has 0 aromatic heterocycles. The van der Waals surface area contributed by atoms with E-state index in [-0.39, 0.29) is 0 Å². The minimum Gasteiger partial charge on any atom is -0.301 e. The van der Waals surface area contributed by atoms with Crippen molar-refractivity contribution in [1.29, 1.82) is 0 Å². The molecule has 0 saturated carbocycles. The number of rotatable bonds is 7. The molecule has 0 aliphatic carbocycles. The van der Waals surface area contributed by atoms with E-state index in [1.807, 2.05) is 0 Å². The van der Waals surface area contributed by atoms with Crippen LogP contribution in [0.15, 0.2) is 0 Å². The summed E-state index contributed by atoms with van der Waals surface area (Å²) in [4.78, 5) is 5.47. The van der Waals surface area contributed by atoms with Gasteiger partial charge in [-0.05, 0) is 32.4 Å². The number of unbranched alkanes of at least 4 members (excludes halogenated alkanes) is 5. The molecule has 2 rings (SSSR count). The van der Waals surface area contributed by atoms with Crippen LogP contribution in [0.3, 0.4) is 0 Å². The van der Waals surface area contributed by atoms with E-state index < -0.39 is 0 Å². The summed E-state index contributed by atoms with van der Waals surface area (Å²) in [5.74, 6) is 0. The second-order valence-electron chi connectivity index (χ2n) is 6.25. The highest BCUT2D eigenvalue weighted by atomic mass is 15.3. The van der Waals surface area contributed by atoms with Gasteiger partial charge < -0.3 is 4.90 Å². The van der Waals surface area contributed by atoms with Crippen LogP contribution in [0, 0.1) is 0 Å². The van der Waals surface area contributed by atoms with Gasteiger partial charge in [-0.25, -0.2) is 0 Å². The van der Waals surface area contributed by atoms with Crippen molar-refractivity contribution in [2.45, 2.75) is 70.8 Å². The predicted molar refractivity (Wildman–Crippen MR) is 79.0 cm³/mol. The van der Waals surface area contributed by atoms with Crippen molar-refractivity contribution >= 4 is 0 Å². The maximum Gasteiger partial charge on any atom is 0.0223 e. The maximum atomic E-state index is 2.74. The molecule has 2 heterocycles. The highest BCUT2D eigenvalue weighted by Gasteiger charge is 2.28. The van der Waals surface area contributed by atoms with Crippen molar-refractivity contribution in [3.63, 3.8) is 0 Å². The molecule has 0 bridgehead atoms. The lowest BCUT2D eigenvalue weighted by Gasteiger charge is -2.44. The first-order chi connectivity index (χ1) is 8.90. The third-order valence-electron chi connectivity index (χ3n) is 4.75. The summed E-state index contributed by atoms with van der Waals surface area (Å²) in [7, 11) is 0. The molecule has 1 atom stereocenters. The van der Waals surface area contributed by atoms with E-state index in [1.165, 1.54) is 90.5 Å². The first-order valence-electron chi connectivity index (χ1n) is 8.36. The fourth-order valence-electron chi connectivity index (χ4n) is 3.54. The molecular formula is C16H32N2. The summed E-state index contributed by atoms with van der Waals surface area (Å²) in [6.07, 6.45) is 12.9. The quantitative estimate of drug-likeness (QED) is 0.640. The van der Waals surface area contributed by atoms with Crippen LogP contribution in [0.4, 0.5) is 0 Å². The molecule has 2 nitrogen and oxygen atoms in total. The molecule has 0 aromatic carbocycles. The van der Waals surface area contributed by atoms with Crippen molar-refractivity contribution in [2.24, 2.45) is 0 Å². The molecule has 2 heteroatoms. The van der Waals surface area contributed by atoms with Crippen LogP contribution in [0.2, 0.25) is 0 Å². The molecule has 0 radical (unpaired) electrons. The number of hydrogen-bond acceptors (Lipinski definition) is 2. The van der Waals surface area contributed by atoms with E-state index >= 15 is 0 Å². The summed E-state index contributed by atoms with van der Waals surface area (Å²) < 4.78 is 0. The van der Waals surface area contributed by atoms with Gasteiger partial charge in [0.1, 0.15) is 0 Å². The molecule has 2 fully saturated rings. The molecule has 2 aliphatic heterocycles. The van der Waals surface area contributed by atoms with Gasteiger partial charge in [-0.2, -0.15) is 0 Å². The van der Waals surface area contributed by atoms with Gasteiger partial charge in [-0.15, -0.1) is 0 Å². The maximum absolute atomic E-state index is 2.74. The van der Waals surface area contributed by atoms with Crippen LogP contribution in [0.1, 0.15) is 64.7 Å². The highest BCUT2D eigenvalue weighted by molar-refractivity contribution is 4.84. The van der Waals surface area contributed by atoms with Gasteiger partial charge in [0.2, 0.25) is 0 Å². The molecule has 2 saturated heterocycles. The van der Waals surface area contributed by atoms with Crippen LogP contribution in [0.5, 0.6) is 0 Å². The molecule has 18 heavy (non-hydrogen) atoms. The van der Waals surface area contributed by atoms with Crippen molar-refractivity contribution in [2.75, 3.05) is 32.7 Å². The zero-order valence-electron chi connectivity index (χ0n) is 12.4. The van der Waals surface area contributed by atoms with Gasteiger partial charge in [-0.1, -0.05) is 45.4 Å². The monoisotopic (exact) mass is 252 g/mol. The molecule has 106 valence electrons. The molecular weight excluding hydrogens is 220 g/mol. The molecule has 2 aliphatic rings. The number of nitrogens with zero attached hydrogens (tertiary/aromatic N) is 2. The van der Waals surface area contributed by atoms with Gasteiger partial charge >= 0.3 is 0 Å². The summed E-state index contributed by atoms with van der Waals surface area (Å²) in [6.45, 7) is 9.04. The minimum absolute atomic E-state index is 0.896. The Hall–Kier alpha value is -0.0800. The normalized spacial score (nSPS) is 26.2. The van der Waals surface area contributed by atoms with Crippen LogP contribution >= 0.6 is 0 Å². The first kappa shape index (κ1) is 14.3. The van der Waals surface area contributed by atoms with E-state index in [4.69, 9.17) is 0 Å². The Morgan fingerprint density at radius 3 is 2.61 bits per heavy atom. The third-order valence-corrected chi connectivity index (χ3v) is 4.75. The molecule has 0 spiro atoms. The number of piperidine rings is 1. The second kappa shape index (κ2) is 8.16. The Bertz CT molecular complexity index is 217. The Morgan fingerprint density at radius 1 is 0.889 bits per heavy atom. The van der Waals surface area contributed by atoms with Gasteiger partial charge in [0.15, 0.2) is 0 Å². The second-order valence-corrected chi connectivity index (χ2v) is 6.25. The number of hydrogen-bond donors (Lipinski definition) is 0. The van der Waals surface area contributed by atoms with Crippen molar-refractivity contribution in [3.8, 4) is 0 Å². The van der Waals surface area contributed by atoms with E-state index in [2.05, 4.69) is 16.7 Å². The SMILES string of the molecule is CCCCCCCCN1CCN2CCCCC2C1. The van der Waals surface area contributed by atoms with Crippen molar-refractivity contribution < 1.29 is 0 Å². The average molecular weight is 252 g/mol. The Morgan fingerprint density at radius 2 is 1.72 bits per heavy atom. The van der Waals surface area contributed by atoms with Crippen LogP contribution in [-0.4, -0.2) is 48.6 Å². The lowest BCUT2D eigenvalue weighted by molar-refractivity contribution is 0.0486. The summed E-state index contributed by atoms with van der Waals surface area (Å²) in [5, 5.41) is 0. The number of piperazine rings is 1. The minimum atomic E-state index is 0.896. The summed E-state index contributed by atoms with van der Waals surface area (Å²) in [5.41, 5.74) is 0. The van der Waals surface area contributed by atoms with E-state index in [0.717, 1.165) is 6.04 Å². The van der Waals surface area contributed by atoms with Crippen molar-refractivity contribution in [1.82, 2.24) is 9.80 Å². The van der Waals surface area contributed by atoms with Gasteiger partial charge in [-0.3, -0.25) is 4.90 Å². The third kappa shape index (κ3) is 4.55. The Labute approximate surface area is 114 Å². The van der Waals surface area contributed by atoms with Crippen molar-refractivity contribution in [3.05, 3.63) is 0 Å². The zero-order valence-corrected chi connectivity index (χ0v) is 12.4. The molecule has 1 unspecified atom stereocenters. The van der Waals surface area contributed by atoms with Crippen LogP contribution in [-0.2, 0) is 0 Å². The fraction of sp³-hybridized carbons (Fsp3) is 1.00. The highest BCUT2D eigenvalue weighted by Crippen LogP contribution is 2.21. The fourth-order valence-corrected chi connectivity index (χ4v) is 3.54. The standard InChI is InChI=1S/C16H32N2/c1-2-3-4-5-6-8-11-17-13-14-18-12-9-7-10-16(18)15-17/h16H,2-15H2,1H3. The van der Waals surface area contributed by atoms with Gasteiger partial charge in [0.25, 0.3) is 0 Å². The lowest BCUT2D eigenvalue weighted by atomic mass is 9.99. The van der Waals surface area contributed by atoms with Gasteiger partial charge in [0, 0.05) is 25.7 Å². The topological polar surface area (TPSA) is 6.48 Å². The first-order valence-corrected chi connectivity index (χ1v) is 8.36. The average Bonchev–Trinajstić information content (AvgIpc) is 2.42. The molecule has 0 amide bonds. The van der Waals surface area contributed by atoms with Crippen LogP contribution in [0.25, 0.3) is 0 Å². The molecule has 0 aromatic rings. The Kier molecular flexibility index (Phi) is 6.50. The van der Waals surface area contributed by atoms with E-state index in [9.17, 15) is 0 Å². The van der Waals surface area contributed by atoms with E-state index in [0.29, 0.717) is 0 Å². The predicted octanol–water partition coefficient (Wildman–Crippen LogP) is 3.52. The zero-order chi connectivity index (χ0) is 12.6. The van der Waals surface area contributed by atoms with Gasteiger partial charge in [0.05, 0.1) is 0 Å². The summed E-state index contributed by atoms with van der Waals surface area (Å²) >= 11 is 0. The van der Waals surface area contributed by atoms with Crippen LogP contribution < -0.4 is 0 Å². The lowest BCUT2D eigenvalue weighted by Crippen LogP contribution is -2.54. The summed E-state index contributed by atoms with van der Waals surface area (Å²) in [6, 6.07) is 0.896.